The molecule has 2 fully saturated rings. The molecule has 3 nitrogen and oxygen atoms in total. The first-order valence-electron chi connectivity index (χ1n) is 5.39. The standard InChI is InChI=1S/C8H16N2O.C2H6/c1-10-6-7-11-8(10)2-4-9-5-3-8;1-2/h9H,2-7H2,1H3;1-2H3. The molecule has 2 rings (SSSR count). The molecule has 0 unspecified atom stereocenters. The van der Waals surface area contributed by atoms with Crippen molar-refractivity contribution in [3.05, 3.63) is 0 Å². The third-order valence-corrected chi connectivity index (χ3v) is 2.88. The van der Waals surface area contributed by atoms with Crippen LogP contribution in [0, 0.1) is 0 Å². The van der Waals surface area contributed by atoms with Gasteiger partial charge in [-0.1, -0.05) is 13.8 Å². The first-order valence-corrected chi connectivity index (χ1v) is 5.39. The average molecular weight is 186 g/mol. The number of ether oxygens (including phenoxy) is 1. The Kier molecular flexibility index (Phi) is 4.16. The normalized spacial score (nSPS) is 27.0. The number of hydrogen-bond donors (Lipinski definition) is 1. The lowest BCUT2D eigenvalue weighted by Crippen LogP contribution is -2.50. The van der Waals surface area contributed by atoms with E-state index in [4.69, 9.17) is 4.74 Å². The van der Waals surface area contributed by atoms with Gasteiger partial charge >= 0.3 is 0 Å². The van der Waals surface area contributed by atoms with Gasteiger partial charge in [-0.15, -0.1) is 0 Å². The Morgan fingerprint density at radius 3 is 2.31 bits per heavy atom. The minimum absolute atomic E-state index is 0.102. The third-order valence-electron chi connectivity index (χ3n) is 2.88. The van der Waals surface area contributed by atoms with Crippen molar-refractivity contribution in [2.24, 2.45) is 0 Å². The lowest BCUT2D eigenvalue weighted by molar-refractivity contribution is -0.0923. The van der Waals surface area contributed by atoms with Gasteiger partial charge in [-0.25, -0.2) is 0 Å². The number of rotatable bonds is 0. The largest absolute Gasteiger partial charge is 0.359 e. The van der Waals surface area contributed by atoms with Crippen molar-refractivity contribution >= 4 is 0 Å². The van der Waals surface area contributed by atoms with Crippen LogP contribution in [0.3, 0.4) is 0 Å². The van der Waals surface area contributed by atoms with Crippen LogP contribution in [0.4, 0.5) is 0 Å². The molecule has 0 aliphatic carbocycles. The van der Waals surface area contributed by atoms with E-state index in [-0.39, 0.29) is 5.72 Å². The maximum atomic E-state index is 5.78. The zero-order valence-electron chi connectivity index (χ0n) is 9.10. The molecule has 13 heavy (non-hydrogen) atoms. The van der Waals surface area contributed by atoms with Gasteiger partial charge in [0.05, 0.1) is 6.61 Å². The maximum Gasteiger partial charge on any atom is 0.124 e. The summed E-state index contributed by atoms with van der Waals surface area (Å²) >= 11 is 0. The Bertz CT molecular complexity index is 144. The SMILES string of the molecule is CC.CN1CCOC12CCNCC2. The molecule has 1 N–H and O–H groups in total. The summed E-state index contributed by atoms with van der Waals surface area (Å²) in [5.41, 5.74) is 0.102. The van der Waals surface area contributed by atoms with Crippen LogP contribution in [0.5, 0.6) is 0 Å². The van der Waals surface area contributed by atoms with Crippen molar-refractivity contribution in [2.75, 3.05) is 33.3 Å². The van der Waals surface area contributed by atoms with E-state index in [1.54, 1.807) is 0 Å². The molecule has 0 atom stereocenters. The second-order valence-electron chi connectivity index (χ2n) is 3.47. The summed E-state index contributed by atoms with van der Waals surface area (Å²) in [4.78, 5) is 2.36. The smallest absolute Gasteiger partial charge is 0.124 e. The molecular weight excluding hydrogens is 164 g/mol. The van der Waals surface area contributed by atoms with E-state index >= 15 is 0 Å². The minimum atomic E-state index is 0.102. The van der Waals surface area contributed by atoms with Gasteiger partial charge in [-0.3, -0.25) is 4.90 Å². The van der Waals surface area contributed by atoms with Gasteiger partial charge in [0.15, 0.2) is 0 Å². The fourth-order valence-electron chi connectivity index (χ4n) is 2.03. The highest BCUT2D eigenvalue weighted by atomic mass is 16.5. The highest BCUT2D eigenvalue weighted by Crippen LogP contribution is 2.30. The lowest BCUT2D eigenvalue weighted by atomic mass is 10.0. The second kappa shape index (κ2) is 4.94. The van der Waals surface area contributed by atoms with E-state index in [0.717, 1.165) is 39.1 Å². The molecule has 0 amide bonds. The topological polar surface area (TPSA) is 24.5 Å². The first kappa shape index (κ1) is 11.0. The highest BCUT2D eigenvalue weighted by Gasteiger charge is 2.40. The molecule has 2 aliphatic rings. The Morgan fingerprint density at radius 1 is 1.23 bits per heavy atom. The number of piperidine rings is 1. The van der Waals surface area contributed by atoms with Crippen molar-refractivity contribution < 1.29 is 4.74 Å². The van der Waals surface area contributed by atoms with Crippen molar-refractivity contribution in [2.45, 2.75) is 32.4 Å². The molecule has 0 saturated carbocycles. The summed E-state index contributed by atoms with van der Waals surface area (Å²) in [7, 11) is 2.16. The van der Waals surface area contributed by atoms with Crippen molar-refractivity contribution in [1.29, 1.82) is 0 Å². The van der Waals surface area contributed by atoms with Gasteiger partial charge < -0.3 is 10.1 Å². The van der Waals surface area contributed by atoms with Crippen LogP contribution in [0.2, 0.25) is 0 Å². The van der Waals surface area contributed by atoms with E-state index < -0.39 is 0 Å². The van der Waals surface area contributed by atoms with Crippen LogP contribution >= 0.6 is 0 Å². The summed E-state index contributed by atoms with van der Waals surface area (Å²) in [5.74, 6) is 0. The van der Waals surface area contributed by atoms with E-state index in [2.05, 4.69) is 17.3 Å². The predicted octanol–water partition coefficient (Wildman–Crippen LogP) is 1.05. The zero-order valence-corrected chi connectivity index (χ0v) is 9.10. The average Bonchev–Trinajstić information content (AvgIpc) is 2.53. The van der Waals surface area contributed by atoms with Gasteiger partial charge in [0, 0.05) is 19.4 Å². The summed E-state index contributed by atoms with van der Waals surface area (Å²) in [5, 5.41) is 3.35. The Morgan fingerprint density at radius 2 is 1.85 bits per heavy atom. The molecular formula is C10H22N2O. The molecule has 2 aliphatic heterocycles. The van der Waals surface area contributed by atoms with Crippen LogP contribution in [0.25, 0.3) is 0 Å². The molecule has 0 radical (unpaired) electrons. The monoisotopic (exact) mass is 186 g/mol. The number of hydrogen-bond acceptors (Lipinski definition) is 3. The van der Waals surface area contributed by atoms with Crippen LogP contribution in [0.15, 0.2) is 0 Å². The minimum Gasteiger partial charge on any atom is -0.359 e. The van der Waals surface area contributed by atoms with E-state index in [0.29, 0.717) is 0 Å². The maximum absolute atomic E-state index is 5.78. The Hall–Kier alpha value is -0.120. The van der Waals surface area contributed by atoms with Gasteiger partial charge in [-0.05, 0) is 20.1 Å². The van der Waals surface area contributed by atoms with Gasteiger partial charge in [0.1, 0.15) is 5.72 Å². The fourth-order valence-corrected chi connectivity index (χ4v) is 2.03. The van der Waals surface area contributed by atoms with Crippen LogP contribution in [0.1, 0.15) is 26.7 Å². The summed E-state index contributed by atoms with van der Waals surface area (Å²) in [6.07, 6.45) is 2.28. The molecule has 78 valence electrons. The molecule has 2 saturated heterocycles. The fraction of sp³-hybridized carbons (Fsp3) is 1.00. The summed E-state index contributed by atoms with van der Waals surface area (Å²) < 4.78 is 5.78. The molecule has 1 spiro atoms. The van der Waals surface area contributed by atoms with Crippen molar-refractivity contribution in [3.8, 4) is 0 Å². The predicted molar refractivity (Wildman–Crippen MR) is 54.8 cm³/mol. The van der Waals surface area contributed by atoms with Crippen molar-refractivity contribution in [3.63, 3.8) is 0 Å². The molecule has 0 aromatic rings. The molecule has 0 aromatic heterocycles. The number of nitrogens with one attached hydrogen (secondary N) is 1. The lowest BCUT2D eigenvalue weighted by Gasteiger charge is -2.38. The van der Waals surface area contributed by atoms with Gasteiger partial charge in [0.25, 0.3) is 0 Å². The second-order valence-corrected chi connectivity index (χ2v) is 3.47. The molecule has 0 aromatic carbocycles. The number of likely N-dealkylation sites (N-methyl/N-ethyl adjacent to an activating group) is 1. The van der Waals surface area contributed by atoms with Crippen LogP contribution in [-0.4, -0.2) is 43.9 Å². The number of nitrogens with zero attached hydrogens (tertiary/aromatic N) is 1. The summed E-state index contributed by atoms with van der Waals surface area (Å²) in [6.45, 7) is 8.21. The molecule has 3 heteroatoms. The van der Waals surface area contributed by atoms with Crippen molar-refractivity contribution in [1.82, 2.24) is 10.2 Å². The van der Waals surface area contributed by atoms with Crippen LogP contribution < -0.4 is 5.32 Å². The van der Waals surface area contributed by atoms with Crippen LogP contribution in [-0.2, 0) is 4.74 Å². The quantitative estimate of drug-likeness (QED) is 0.612. The van der Waals surface area contributed by atoms with E-state index in [1.165, 1.54) is 0 Å². The molecule has 0 bridgehead atoms. The first-order chi connectivity index (χ1) is 6.33. The summed E-state index contributed by atoms with van der Waals surface area (Å²) in [6, 6.07) is 0. The zero-order chi connectivity index (χ0) is 9.73. The third kappa shape index (κ3) is 2.22. The molecule has 2 heterocycles. The van der Waals surface area contributed by atoms with E-state index in [9.17, 15) is 0 Å². The Balaban J connectivity index is 0.000000396. The Labute approximate surface area is 81.4 Å². The highest BCUT2D eigenvalue weighted by molar-refractivity contribution is 4.88. The van der Waals surface area contributed by atoms with Gasteiger partial charge in [0.2, 0.25) is 0 Å². The van der Waals surface area contributed by atoms with E-state index in [1.807, 2.05) is 13.8 Å². The van der Waals surface area contributed by atoms with Gasteiger partial charge in [-0.2, -0.15) is 0 Å².